The number of carbonyl (C=O) groups excluding carboxylic acids is 3. The van der Waals surface area contributed by atoms with Gasteiger partial charge in [-0.05, 0) is 67.8 Å². The van der Waals surface area contributed by atoms with E-state index in [0.717, 1.165) is 34.7 Å². The van der Waals surface area contributed by atoms with Crippen LogP contribution in [0.1, 0.15) is 88.0 Å². The molecule has 5 N–H and O–H groups in total. The molecule has 0 spiro atoms. The molecule has 0 bridgehead atoms. The van der Waals surface area contributed by atoms with Crippen molar-refractivity contribution in [1.82, 2.24) is 45.2 Å². The summed E-state index contributed by atoms with van der Waals surface area (Å²) in [4.78, 5) is 59.3. The third-order valence-corrected chi connectivity index (χ3v) is 12.7. The van der Waals surface area contributed by atoms with E-state index in [0.29, 0.717) is 59.1 Å². The second kappa shape index (κ2) is 19.1. The number of nitrogen functional groups attached to an aromatic ring is 1. The molecule has 0 unspecified atom stereocenters. The number of aliphatic hydroxyl groups excluding tert-OH is 1. The van der Waals surface area contributed by atoms with Crippen LogP contribution in [0, 0.1) is 24.2 Å². The zero-order chi connectivity index (χ0) is 45.0. The number of β-amino-alcohol motifs (C(OH)–C–C–N with tert-alkyl or cyclic N) is 1. The molecule has 0 aliphatic carbocycles. The number of carbonyl (C=O) groups is 3. The number of nitrogens with two attached hydrogens (primary N) is 1. The average molecular weight is 877 g/mol. The predicted molar refractivity (Wildman–Crippen MR) is 241 cm³/mol. The summed E-state index contributed by atoms with van der Waals surface area (Å²) in [6.07, 6.45) is 2.25. The molecule has 2 aromatic carbocycles. The van der Waals surface area contributed by atoms with Crippen molar-refractivity contribution < 1.29 is 29.0 Å². The largest absolute Gasteiger partial charge is 0.497 e. The number of anilines is 1. The fourth-order valence-corrected chi connectivity index (χ4v) is 9.09. The van der Waals surface area contributed by atoms with Crippen LogP contribution in [-0.2, 0) is 14.4 Å². The molecule has 16 nitrogen and oxygen atoms in total. The zero-order valence-electron chi connectivity index (χ0n) is 36.8. The Hall–Kier alpha value is -6.09. The van der Waals surface area contributed by atoms with Gasteiger partial charge in [0.25, 0.3) is 0 Å². The minimum atomic E-state index is -0.910. The van der Waals surface area contributed by atoms with Crippen LogP contribution in [0.5, 0.6) is 11.5 Å². The third-order valence-electron chi connectivity index (χ3n) is 11.7. The normalized spacial score (nSPS) is 18.7. The molecule has 3 amide bonds. The molecule has 332 valence electrons. The van der Waals surface area contributed by atoms with Crippen molar-refractivity contribution in [3.8, 4) is 33.8 Å². The SMILES string of the molecule is COc1cc(C#Cc2nn([C@H]3CCN(CCCC(=O)N[C@H](C(=O)N4C[C@H](O)C[C@H]4C(=O)N[C@H](C)c4ccc(-c5scnc5C)cc4)C(C)(C)C)C3)c3ncnc(N)c23)cc(OC)c1. The summed E-state index contributed by atoms with van der Waals surface area (Å²) in [5.74, 6) is 6.84. The van der Waals surface area contributed by atoms with Gasteiger partial charge in [0.15, 0.2) is 5.65 Å². The van der Waals surface area contributed by atoms with Crippen molar-refractivity contribution in [1.29, 1.82) is 0 Å². The lowest BCUT2D eigenvalue weighted by molar-refractivity contribution is -0.144. The Labute approximate surface area is 371 Å². The van der Waals surface area contributed by atoms with Gasteiger partial charge in [-0.25, -0.2) is 19.6 Å². The smallest absolute Gasteiger partial charge is 0.246 e. The number of nitrogens with one attached hydrogen (secondary N) is 2. The van der Waals surface area contributed by atoms with E-state index < -0.39 is 29.5 Å². The molecular weight excluding hydrogens is 821 g/mol. The number of benzene rings is 2. The highest BCUT2D eigenvalue weighted by Gasteiger charge is 2.44. The van der Waals surface area contributed by atoms with E-state index in [2.05, 4.69) is 42.3 Å². The number of aryl methyl sites for hydroxylation is 1. The summed E-state index contributed by atoms with van der Waals surface area (Å²) in [6.45, 7) is 11.6. The summed E-state index contributed by atoms with van der Waals surface area (Å²) in [5.41, 5.74) is 12.2. The molecule has 7 rings (SSSR count). The van der Waals surface area contributed by atoms with E-state index in [1.165, 1.54) is 11.2 Å². The van der Waals surface area contributed by atoms with E-state index in [1.807, 2.05) is 81.2 Å². The van der Waals surface area contributed by atoms with E-state index in [4.69, 9.17) is 20.3 Å². The van der Waals surface area contributed by atoms with Crippen LogP contribution in [0.4, 0.5) is 5.82 Å². The van der Waals surface area contributed by atoms with Gasteiger partial charge in [0, 0.05) is 44.1 Å². The maximum Gasteiger partial charge on any atom is 0.246 e. The van der Waals surface area contributed by atoms with Crippen molar-refractivity contribution in [3.05, 3.63) is 76.8 Å². The van der Waals surface area contributed by atoms with Gasteiger partial charge in [-0.1, -0.05) is 51.0 Å². The Morgan fingerprint density at radius 1 is 1.02 bits per heavy atom. The minimum Gasteiger partial charge on any atom is -0.497 e. The van der Waals surface area contributed by atoms with Crippen LogP contribution >= 0.6 is 11.3 Å². The highest BCUT2D eigenvalue weighted by Crippen LogP contribution is 2.32. The lowest BCUT2D eigenvalue weighted by Gasteiger charge is -2.35. The maximum absolute atomic E-state index is 14.2. The maximum atomic E-state index is 14.2. The van der Waals surface area contributed by atoms with Gasteiger partial charge in [-0.3, -0.25) is 14.4 Å². The van der Waals surface area contributed by atoms with Crippen LogP contribution in [0.25, 0.3) is 21.5 Å². The number of likely N-dealkylation sites (tertiary alicyclic amines) is 2. The third kappa shape index (κ3) is 10.2. The quantitative estimate of drug-likeness (QED) is 0.120. The first kappa shape index (κ1) is 44.9. The van der Waals surface area contributed by atoms with Crippen LogP contribution in [0.3, 0.4) is 0 Å². The van der Waals surface area contributed by atoms with Crippen LogP contribution < -0.4 is 25.8 Å². The summed E-state index contributed by atoms with van der Waals surface area (Å²) in [6, 6.07) is 11.2. The summed E-state index contributed by atoms with van der Waals surface area (Å²) in [7, 11) is 3.17. The first-order chi connectivity index (χ1) is 30.1. The monoisotopic (exact) mass is 876 g/mol. The Bertz CT molecular complexity index is 2500. The average Bonchev–Trinajstić information content (AvgIpc) is 4.08. The van der Waals surface area contributed by atoms with Gasteiger partial charge in [-0.2, -0.15) is 5.10 Å². The van der Waals surface area contributed by atoms with Gasteiger partial charge in [0.2, 0.25) is 17.7 Å². The number of hydrogen-bond acceptors (Lipinski definition) is 13. The van der Waals surface area contributed by atoms with Crippen molar-refractivity contribution in [2.24, 2.45) is 5.41 Å². The first-order valence-corrected chi connectivity index (χ1v) is 22.1. The van der Waals surface area contributed by atoms with Gasteiger partial charge < -0.3 is 40.7 Å². The van der Waals surface area contributed by atoms with Gasteiger partial charge in [0.1, 0.15) is 41.4 Å². The van der Waals surface area contributed by atoms with Crippen LogP contribution in [0.15, 0.2) is 54.3 Å². The number of fused-ring (bicyclic) bond motifs is 1. The standard InChI is InChI=1S/C46H56N10O6S/c1-27(30-11-13-31(14-12-30)40-28(2)50-26-63-40)51-44(59)37-21-33(57)24-55(37)45(60)41(46(3,4)5)52-38(58)9-8-17-54-18-16-32(23-54)56-43-39(42(47)48-25-49-43)36(53-56)15-10-29-19-34(61-6)22-35(20-29)62-7/h11-14,19-20,22,25-27,32-33,37,41,57H,8-9,16-18,21,23-24H2,1-7H3,(H,51,59)(H,52,58)(H2,47,48,49)/t27-,32+,33-,37+,41-/m1/s1. The molecule has 2 aliphatic heterocycles. The van der Waals surface area contributed by atoms with E-state index in [-0.39, 0.29) is 43.3 Å². The number of amides is 3. The van der Waals surface area contributed by atoms with E-state index in [9.17, 15) is 19.5 Å². The number of nitrogens with zero attached hydrogens (tertiary/aromatic N) is 7. The van der Waals surface area contributed by atoms with E-state index in [1.54, 1.807) is 31.6 Å². The molecule has 5 atom stereocenters. The number of ether oxygens (including phenoxy) is 2. The highest BCUT2D eigenvalue weighted by molar-refractivity contribution is 7.13. The lowest BCUT2D eigenvalue weighted by atomic mass is 9.85. The molecule has 2 fully saturated rings. The van der Waals surface area contributed by atoms with Gasteiger partial charge in [0.05, 0.1) is 53.9 Å². The van der Waals surface area contributed by atoms with Gasteiger partial charge in [-0.15, -0.1) is 11.3 Å². The Morgan fingerprint density at radius 2 is 1.75 bits per heavy atom. The van der Waals surface area contributed by atoms with Crippen molar-refractivity contribution in [3.63, 3.8) is 0 Å². The summed E-state index contributed by atoms with van der Waals surface area (Å²) < 4.78 is 12.7. The number of thiazole rings is 1. The van der Waals surface area contributed by atoms with Crippen LogP contribution in [-0.4, -0.2) is 116 Å². The molecule has 17 heteroatoms. The Balaban J connectivity index is 0.945. The van der Waals surface area contributed by atoms with E-state index >= 15 is 0 Å². The molecular formula is C46H56N10O6S. The van der Waals surface area contributed by atoms with Crippen LogP contribution in [0.2, 0.25) is 0 Å². The molecule has 5 aromatic rings. The molecule has 3 aromatic heterocycles. The fraction of sp³-hybridized carbons (Fsp3) is 0.457. The Morgan fingerprint density at radius 3 is 2.41 bits per heavy atom. The number of aliphatic hydroxyl groups is 1. The summed E-state index contributed by atoms with van der Waals surface area (Å²) in [5, 5.41) is 22.2. The molecule has 2 saturated heterocycles. The molecule has 5 heterocycles. The molecule has 0 radical (unpaired) electrons. The number of rotatable bonds is 13. The molecule has 2 aliphatic rings. The second-order valence-electron chi connectivity index (χ2n) is 17.3. The lowest BCUT2D eigenvalue weighted by Crippen LogP contribution is -2.57. The molecule has 0 saturated carbocycles. The first-order valence-electron chi connectivity index (χ1n) is 21.2. The molecule has 63 heavy (non-hydrogen) atoms. The van der Waals surface area contributed by atoms with Gasteiger partial charge >= 0.3 is 0 Å². The topological polar surface area (TPSA) is 203 Å². The second-order valence-corrected chi connectivity index (χ2v) is 18.2. The van der Waals surface area contributed by atoms with Crippen molar-refractivity contribution in [2.45, 2.75) is 90.6 Å². The predicted octanol–water partition coefficient (Wildman–Crippen LogP) is 4.65. The number of hydrogen-bond donors (Lipinski definition) is 4. The highest BCUT2D eigenvalue weighted by atomic mass is 32.1. The summed E-state index contributed by atoms with van der Waals surface area (Å²) >= 11 is 1.58. The van der Waals surface area contributed by atoms with Crippen molar-refractivity contribution in [2.75, 3.05) is 46.1 Å². The number of methoxy groups -OCH3 is 2. The number of aromatic nitrogens is 5. The fourth-order valence-electron chi connectivity index (χ4n) is 8.28. The zero-order valence-corrected chi connectivity index (χ0v) is 37.7. The van der Waals surface area contributed by atoms with Crippen molar-refractivity contribution >= 4 is 45.9 Å². The Kier molecular flexibility index (Phi) is 13.6. The minimum absolute atomic E-state index is 0.00247.